The van der Waals surface area contributed by atoms with Gasteiger partial charge in [0.2, 0.25) is 5.91 Å². The highest BCUT2D eigenvalue weighted by Gasteiger charge is 2.34. The van der Waals surface area contributed by atoms with Gasteiger partial charge in [0.15, 0.2) is 0 Å². The van der Waals surface area contributed by atoms with E-state index in [0.29, 0.717) is 11.3 Å². The van der Waals surface area contributed by atoms with Gasteiger partial charge in [0.25, 0.3) is 0 Å². The summed E-state index contributed by atoms with van der Waals surface area (Å²) in [6, 6.07) is 10.2. The van der Waals surface area contributed by atoms with Gasteiger partial charge >= 0.3 is 0 Å². The predicted octanol–water partition coefficient (Wildman–Crippen LogP) is 4.40. The molecule has 1 aliphatic rings. The maximum absolute atomic E-state index is 13.4. The molecule has 1 atom stereocenters. The molecule has 1 fully saturated rings. The highest BCUT2D eigenvalue weighted by molar-refractivity contribution is 8.00. The van der Waals surface area contributed by atoms with Crippen molar-refractivity contribution < 1.29 is 13.6 Å². The van der Waals surface area contributed by atoms with Crippen molar-refractivity contribution in [2.45, 2.75) is 5.37 Å². The third-order valence-corrected chi connectivity index (χ3v) is 4.69. The summed E-state index contributed by atoms with van der Waals surface area (Å²) in [6.07, 6.45) is 0. The lowest BCUT2D eigenvalue weighted by Crippen LogP contribution is -2.27. The number of rotatable bonds is 2. The van der Waals surface area contributed by atoms with Crippen molar-refractivity contribution in [3.8, 4) is 0 Å². The first kappa shape index (κ1) is 14.4. The van der Waals surface area contributed by atoms with Crippen LogP contribution in [0.3, 0.4) is 0 Å². The van der Waals surface area contributed by atoms with Crippen molar-refractivity contribution in [3.63, 3.8) is 0 Å². The van der Waals surface area contributed by atoms with E-state index in [1.165, 1.54) is 47.0 Å². The fraction of sp³-hybridized carbons (Fsp3) is 0.133. The summed E-state index contributed by atoms with van der Waals surface area (Å²) in [6.45, 7) is 0. The van der Waals surface area contributed by atoms with E-state index >= 15 is 0 Å². The normalized spacial score (nSPS) is 18.3. The Labute approximate surface area is 129 Å². The van der Waals surface area contributed by atoms with Gasteiger partial charge in [-0.25, -0.2) is 8.78 Å². The van der Waals surface area contributed by atoms with E-state index in [2.05, 4.69) is 0 Å². The van der Waals surface area contributed by atoms with Crippen LogP contribution in [-0.4, -0.2) is 11.7 Å². The van der Waals surface area contributed by atoms with E-state index < -0.39 is 5.82 Å². The predicted molar refractivity (Wildman–Crippen MR) is 80.5 cm³/mol. The molecule has 2 aromatic rings. The molecular weight excluding hydrogens is 316 g/mol. The number of hydrogen-bond donors (Lipinski definition) is 0. The highest BCUT2D eigenvalue weighted by Crippen LogP contribution is 2.42. The summed E-state index contributed by atoms with van der Waals surface area (Å²) in [7, 11) is 0. The molecule has 1 unspecified atom stereocenters. The Morgan fingerprint density at radius 2 is 2.00 bits per heavy atom. The van der Waals surface area contributed by atoms with Crippen LogP contribution in [0.25, 0.3) is 0 Å². The Bertz CT molecular complexity index is 710. The average molecular weight is 326 g/mol. The lowest BCUT2D eigenvalue weighted by atomic mass is 10.2. The van der Waals surface area contributed by atoms with Gasteiger partial charge in [0.05, 0.1) is 10.8 Å². The lowest BCUT2D eigenvalue weighted by Gasteiger charge is -2.24. The fourth-order valence-corrected chi connectivity index (χ4v) is 3.59. The summed E-state index contributed by atoms with van der Waals surface area (Å²) in [4.78, 5) is 13.6. The zero-order valence-electron chi connectivity index (χ0n) is 10.7. The van der Waals surface area contributed by atoms with Crippen LogP contribution in [0.1, 0.15) is 10.9 Å². The molecule has 1 saturated heterocycles. The second kappa shape index (κ2) is 5.66. The summed E-state index contributed by atoms with van der Waals surface area (Å²) < 4.78 is 26.6. The average Bonchev–Trinajstić information content (AvgIpc) is 2.84. The van der Waals surface area contributed by atoms with Gasteiger partial charge in [-0.15, -0.1) is 11.8 Å². The Balaban J connectivity index is 2.01. The van der Waals surface area contributed by atoms with Gasteiger partial charge in [-0.05, 0) is 35.9 Å². The van der Waals surface area contributed by atoms with E-state index in [1.807, 2.05) is 0 Å². The van der Waals surface area contributed by atoms with Gasteiger partial charge in [-0.1, -0.05) is 23.7 Å². The molecule has 0 radical (unpaired) electrons. The fourth-order valence-electron chi connectivity index (χ4n) is 2.24. The number of benzene rings is 2. The van der Waals surface area contributed by atoms with E-state index in [1.54, 1.807) is 12.1 Å². The second-order valence-electron chi connectivity index (χ2n) is 4.58. The molecule has 0 spiro atoms. The van der Waals surface area contributed by atoms with Crippen LogP contribution in [0.5, 0.6) is 0 Å². The van der Waals surface area contributed by atoms with Gasteiger partial charge in [-0.2, -0.15) is 0 Å². The quantitative estimate of drug-likeness (QED) is 0.816. The maximum atomic E-state index is 13.4. The number of amides is 1. The van der Waals surface area contributed by atoms with E-state index in [-0.39, 0.29) is 27.9 Å². The molecule has 0 saturated carbocycles. The Morgan fingerprint density at radius 1 is 1.19 bits per heavy atom. The topological polar surface area (TPSA) is 20.3 Å². The SMILES string of the molecule is O=C1CSC(c2cccc(F)c2)N1c1ccc(F)c(Cl)c1. The van der Waals surface area contributed by atoms with Crippen molar-refractivity contribution >= 4 is 35.0 Å². The largest absolute Gasteiger partial charge is 0.295 e. The molecule has 1 heterocycles. The van der Waals surface area contributed by atoms with Crippen molar-refractivity contribution in [2.75, 3.05) is 10.7 Å². The molecule has 0 aliphatic carbocycles. The Kier molecular flexibility index (Phi) is 3.87. The summed E-state index contributed by atoms with van der Waals surface area (Å²) in [5, 5.41) is -0.384. The molecule has 6 heteroatoms. The van der Waals surface area contributed by atoms with Crippen molar-refractivity contribution in [2.24, 2.45) is 0 Å². The van der Waals surface area contributed by atoms with Crippen LogP contribution in [0.15, 0.2) is 42.5 Å². The molecule has 3 rings (SSSR count). The maximum Gasteiger partial charge on any atom is 0.238 e. The van der Waals surface area contributed by atoms with Crippen LogP contribution in [0.4, 0.5) is 14.5 Å². The van der Waals surface area contributed by atoms with Crippen molar-refractivity contribution in [1.82, 2.24) is 0 Å². The van der Waals surface area contributed by atoms with Gasteiger partial charge in [-0.3, -0.25) is 9.69 Å². The van der Waals surface area contributed by atoms with Crippen LogP contribution in [-0.2, 0) is 4.79 Å². The van der Waals surface area contributed by atoms with Gasteiger partial charge in [0, 0.05) is 5.69 Å². The number of carbonyl (C=O) groups is 1. The molecule has 2 aromatic carbocycles. The molecule has 108 valence electrons. The molecule has 21 heavy (non-hydrogen) atoms. The molecule has 0 bridgehead atoms. The van der Waals surface area contributed by atoms with E-state index in [4.69, 9.17) is 11.6 Å². The summed E-state index contributed by atoms with van der Waals surface area (Å²) in [5.41, 5.74) is 1.19. The number of halogens is 3. The lowest BCUT2D eigenvalue weighted by molar-refractivity contribution is -0.115. The van der Waals surface area contributed by atoms with Crippen LogP contribution >= 0.6 is 23.4 Å². The summed E-state index contributed by atoms with van der Waals surface area (Å²) in [5.74, 6) is -0.723. The van der Waals surface area contributed by atoms with Gasteiger partial charge in [0.1, 0.15) is 17.0 Å². The van der Waals surface area contributed by atoms with Crippen molar-refractivity contribution in [1.29, 1.82) is 0 Å². The molecular formula is C15H10ClF2NOS. The van der Waals surface area contributed by atoms with Crippen molar-refractivity contribution in [3.05, 3.63) is 64.7 Å². The first-order chi connectivity index (χ1) is 10.1. The number of thioether (sulfide) groups is 1. The number of hydrogen-bond acceptors (Lipinski definition) is 2. The minimum atomic E-state index is -0.540. The molecule has 0 N–H and O–H groups in total. The third kappa shape index (κ3) is 2.76. The molecule has 1 aliphatic heterocycles. The van der Waals surface area contributed by atoms with E-state index in [0.717, 1.165) is 0 Å². The third-order valence-electron chi connectivity index (χ3n) is 3.18. The zero-order valence-corrected chi connectivity index (χ0v) is 12.3. The zero-order chi connectivity index (χ0) is 15.0. The highest BCUT2D eigenvalue weighted by atomic mass is 35.5. The Morgan fingerprint density at radius 3 is 2.71 bits per heavy atom. The Hall–Kier alpha value is -1.59. The minimum Gasteiger partial charge on any atom is -0.295 e. The molecule has 1 amide bonds. The first-order valence-electron chi connectivity index (χ1n) is 6.20. The number of carbonyl (C=O) groups excluding carboxylic acids is 1. The second-order valence-corrected chi connectivity index (χ2v) is 6.06. The van der Waals surface area contributed by atoms with Gasteiger partial charge < -0.3 is 0 Å². The summed E-state index contributed by atoms with van der Waals surface area (Å²) >= 11 is 7.18. The first-order valence-corrected chi connectivity index (χ1v) is 7.63. The smallest absolute Gasteiger partial charge is 0.238 e. The standard InChI is InChI=1S/C15H10ClF2NOS/c16-12-7-11(4-5-13(12)18)19-14(20)8-21-15(19)9-2-1-3-10(17)6-9/h1-7,15H,8H2. The minimum absolute atomic E-state index is 0.0461. The number of nitrogens with zero attached hydrogens (tertiary/aromatic N) is 1. The number of anilines is 1. The molecule has 0 aromatic heterocycles. The monoisotopic (exact) mass is 325 g/mol. The van der Waals surface area contributed by atoms with Crippen LogP contribution < -0.4 is 4.90 Å². The van der Waals surface area contributed by atoms with E-state index in [9.17, 15) is 13.6 Å². The van der Waals surface area contributed by atoms with Crippen LogP contribution in [0, 0.1) is 11.6 Å². The molecule has 2 nitrogen and oxygen atoms in total. The van der Waals surface area contributed by atoms with Crippen LogP contribution in [0.2, 0.25) is 5.02 Å².